The van der Waals surface area contributed by atoms with Crippen molar-refractivity contribution in [1.29, 1.82) is 0 Å². The van der Waals surface area contributed by atoms with Gasteiger partial charge >= 0.3 is 5.97 Å². The first-order valence-corrected chi connectivity index (χ1v) is 8.07. The normalized spacial score (nSPS) is 11.4. The van der Waals surface area contributed by atoms with Gasteiger partial charge in [0, 0.05) is 22.9 Å². The van der Waals surface area contributed by atoms with Gasteiger partial charge in [-0.15, -0.1) is 0 Å². The number of nitrogens with one attached hydrogen (secondary N) is 1. The molecule has 1 amide bonds. The molecular weight excluding hydrogens is 352 g/mol. The number of ketones is 1. The van der Waals surface area contributed by atoms with Crippen molar-refractivity contribution >= 4 is 29.0 Å². The number of nitro benzene ring substituents is 1. The van der Waals surface area contributed by atoms with E-state index in [2.05, 4.69) is 5.32 Å². The zero-order valence-electron chi connectivity index (χ0n) is 15.0. The summed E-state index contributed by atoms with van der Waals surface area (Å²) in [5.41, 5.74) is 0.797. The number of ether oxygens (including phenoxy) is 1. The van der Waals surface area contributed by atoms with E-state index in [1.807, 2.05) is 0 Å². The molecule has 0 unspecified atom stereocenters. The van der Waals surface area contributed by atoms with Gasteiger partial charge in [0.1, 0.15) is 0 Å². The molecule has 0 spiro atoms. The summed E-state index contributed by atoms with van der Waals surface area (Å²) in [6.45, 7) is 4.23. The SMILES string of the molecule is CC(=O)c1cccc(NC(=O)[C@@H](C)OC(=O)c2cccc([N+](=O)[O-])c2C)c1. The Morgan fingerprint density at radius 1 is 1.15 bits per heavy atom. The van der Waals surface area contributed by atoms with Gasteiger partial charge in [0.05, 0.1) is 10.5 Å². The third-order valence-corrected chi connectivity index (χ3v) is 3.91. The van der Waals surface area contributed by atoms with Gasteiger partial charge in [-0.3, -0.25) is 19.7 Å². The second-order valence-corrected chi connectivity index (χ2v) is 5.88. The molecule has 0 aliphatic heterocycles. The molecule has 0 saturated carbocycles. The minimum Gasteiger partial charge on any atom is -0.449 e. The summed E-state index contributed by atoms with van der Waals surface area (Å²) in [6, 6.07) is 10.4. The van der Waals surface area contributed by atoms with Crippen LogP contribution >= 0.6 is 0 Å². The molecule has 0 heterocycles. The number of nitrogens with zero attached hydrogens (tertiary/aromatic N) is 1. The van der Waals surface area contributed by atoms with Crippen molar-refractivity contribution in [3.63, 3.8) is 0 Å². The second-order valence-electron chi connectivity index (χ2n) is 5.88. The summed E-state index contributed by atoms with van der Waals surface area (Å²) >= 11 is 0. The highest BCUT2D eigenvalue weighted by molar-refractivity contribution is 6.00. The fraction of sp³-hybridized carbons (Fsp3) is 0.211. The van der Waals surface area contributed by atoms with Crippen molar-refractivity contribution < 1.29 is 24.0 Å². The number of Topliss-reactive ketones (excluding diaryl/α,β-unsaturated/α-hetero) is 1. The lowest BCUT2D eigenvalue weighted by Crippen LogP contribution is -2.30. The van der Waals surface area contributed by atoms with Gasteiger partial charge in [0.25, 0.3) is 11.6 Å². The van der Waals surface area contributed by atoms with Crippen molar-refractivity contribution in [3.8, 4) is 0 Å². The fourth-order valence-corrected chi connectivity index (χ4v) is 2.38. The Balaban J connectivity index is 2.09. The van der Waals surface area contributed by atoms with E-state index in [1.54, 1.807) is 18.2 Å². The van der Waals surface area contributed by atoms with E-state index >= 15 is 0 Å². The van der Waals surface area contributed by atoms with Crippen LogP contribution in [0.25, 0.3) is 0 Å². The van der Waals surface area contributed by atoms with E-state index in [0.717, 1.165) is 0 Å². The van der Waals surface area contributed by atoms with Gasteiger partial charge in [0.2, 0.25) is 0 Å². The first-order chi connectivity index (χ1) is 12.7. The summed E-state index contributed by atoms with van der Waals surface area (Å²) in [4.78, 5) is 46.3. The number of hydrogen-bond acceptors (Lipinski definition) is 6. The second kappa shape index (κ2) is 8.22. The van der Waals surface area contributed by atoms with Gasteiger partial charge in [0.15, 0.2) is 11.9 Å². The molecule has 8 nitrogen and oxygen atoms in total. The number of hydrogen-bond donors (Lipinski definition) is 1. The van der Waals surface area contributed by atoms with Crippen LogP contribution in [-0.4, -0.2) is 28.7 Å². The standard InChI is InChI=1S/C19H18N2O6/c1-11-16(8-5-9-17(11)21(25)26)19(24)27-13(3)18(23)20-15-7-4-6-14(10-15)12(2)22/h4-10,13H,1-3H3,(H,20,23)/t13-/m1/s1. The van der Waals surface area contributed by atoms with Crippen LogP contribution in [0, 0.1) is 17.0 Å². The molecule has 27 heavy (non-hydrogen) atoms. The van der Waals surface area contributed by atoms with Crippen LogP contribution in [-0.2, 0) is 9.53 Å². The lowest BCUT2D eigenvalue weighted by atomic mass is 10.1. The molecule has 0 aromatic heterocycles. The Labute approximate surface area is 155 Å². The van der Waals surface area contributed by atoms with Crippen LogP contribution in [0.5, 0.6) is 0 Å². The third kappa shape index (κ3) is 4.75. The average molecular weight is 370 g/mol. The molecule has 0 bridgehead atoms. The number of esters is 1. The van der Waals surface area contributed by atoms with Crippen LogP contribution < -0.4 is 5.32 Å². The van der Waals surface area contributed by atoms with E-state index in [4.69, 9.17) is 4.74 Å². The summed E-state index contributed by atoms with van der Waals surface area (Å²) < 4.78 is 5.12. The Bertz CT molecular complexity index is 922. The lowest BCUT2D eigenvalue weighted by Gasteiger charge is -2.14. The molecule has 0 fully saturated rings. The molecule has 1 atom stereocenters. The fourth-order valence-electron chi connectivity index (χ4n) is 2.38. The first kappa shape index (κ1) is 19.8. The third-order valence-electron chi connectivity index (χ3n) is 3.91. The van der Waals surface area contributed by atoms with Gasteiger partial charge < -0.3 is 10.1 Å². The molecule has 2 aromatic carbocycles. The van der Waals surface area contributed by atoms with Crippen LogP contribution in [0.2, 0.25) is 0 Å². The number of carbonyl (C=O) groups excluding carboxylic acids is 3. The molecule has 2 aromatic rings. The largest absolute Gasteiger partial charge is 0.449 e. The maximum atomic E-state index is 12.3. The number of nitro groups is 1. The topological polar surface area (TPSA) is 116 Å². The van der Waals surface area contributed by atoms with E-state index in [-0.39, 0.29) is 22.6 Å². The quantitative estimate of drug-likeness (QED) is 0.361. The monoisotopic (exact) mass is 370 g/mol. The van der Waals surface area contributed by atoms with Crippen LogP contribution in [0.1, 0.15) is 40.1 Å². The molecular formula is C19H18N2O6. The molecule has 1 N–H and O–H groups in total. The molecule has 2 rings (SSSR count). The Kier molecular flexibility index (Phi) is 6.02. The Morgan fingerprint density at radius 2 is 1.81 bits per heavy atom. The van der Waals surface area contributed by atoms with Crippen molar-refractivity contribution in [2.75, 3.05) is 5.32 Å². The summed E-state index contributed by atoms with van der Waals surface area (Å²) in [6.07, 6.45) is -1.14. The lowest BCUT2D eigenvalue weighted by molar-refractivity contribution is -0.385. The maximum Gasteiger partial charge on any atom is 0.339 e. The molecule has 140 valence electrons. The predicted molar refractivity (Wildman–Crippen MR) is 97.8 cm³/mol. The number of rotatable bonds is 6. The number of anilines is 1. The van der Waals surface area contributed by atoms with Gasteiger partial charge in [-0.1, -0.05) is 18.2 Å². The van der Waals surface area contributed by atoms with E-state index in [9.17, 15) is 24.5 Å². The van der Waals surface area contributed by atoms with Gasteiger partial charge in [-0.05, 0) is 39.0 Å². The summed E-state index contributed by atoms with van der Waals surface area (Å²) in [7, 11) is 0. The number of benzene rings is 2. The Hall–Kier alpha value is -3.55. The highest BCUT2D eigenvalue weighted by Crippen LogP contribution is 2.22. The van der Waals surface area contributed by atoms with Gasteiger partial charge in [-0.25, -0.2) is 4.79 Å². The number of carbonyl (C=O) groups is 3. The minimum absolute atomic E-state index is 0.0161. The summed E-state index contributed by atoms with van der Waals surface area (Å²) in [5.74, 6) is -1.57. The molecule has 0 aliphatic carbocycles. The minimum atomic E-state index is -1.14. The van der Waals surface area contributed by atoms with E-state index in [1.165, 1.54) is 45.0 Å². The maximum absolute atomic E-state index is 12.3. The zero-order valence-corrected chi connectivity index (χ0v) is 15.0. The highest BCUT2D eigenvalue weighted by Gasteiger charge is 2.23. The highest BCUT2D eigenvalue weighted by atomic mass is 16.6. The van der Waals surface area contributed by atoms with Crippen molar-refractivity contribution in [1.82, 2.24) is 0 Å². The van der Waals surface area contributed by atoms with Crippen LogP contribution in [0.3, 0.4) is 0 Å². The van der Waals surface area contributed by atoms with Crippen molar-refractivity contribution in [2.24, 2.45) is 0 Å². The molecule has 8 heteroatoms. The molecule has 0 radical (unpaired) electrons. The van der Waals surface area contributed by atoms with E-state index < -0.39 is 22.9 Å². The number of amides is 1. The smallest absolute Gasteiger partial charge is 0.339 e. The van der Waals surface area contributed by atoms with E-state index in [0.29, 0.717) is 11.3 Å². The van der Waals surface area contributed by atoms with Crippen LogP contribution in [0.15, 0.2) is 42.5 Å². The zero-order chi connectivity index (χ0) is 20.1. The van der Waals surface area contributed by atoms with Gasteiger partial charge in [-0.2, -0.15) is 0 Å². The first-order valence-electron chi connectivity index (χ1n) is 8.07. The molecule has 0 saturated heterocycles. The van der Waals surface area contributed by atoms with Crippen molar-refractivity contribution in [2.45, 2.75) is 26.9 Å². The van der Waals surface area contributed by atoms with Crippen molar-refractivity contribution in [3.05, 3.63) is 69.3 Å². The summed E-state index contributed by atoms with van der Waals surface area (Å²) in [5, 5.41) is 13.5. The predicted octanol–water partition coefficient (Wildman–Crippen LogP) is 3.29. The molecule has 0 aliphatic rings. The Morgan fingerprint density at radius 3 is 2.44 bits per heavy atom. The van der Waals surface area contributed by atoms with Crippen LogP contribution in [0.4, 0.5) is 11.4 Å². The average Bonchev–Trinajstić information content (AvgIpc) is 2.61.